The third-order valence-corrected chi connectivity index (χ3v) is 3.45. The Labute approximate surface area is 102 Å². The molecule has 0 aliphatic rings. The number of thioether (sulfide) groups is 1. The fourth-order valence-electron chi connectivity index (χ4n) is 1.53. The summed E-state index contributed by atoms with van der Waals surface area (Å²) >= 11 is 1.96. The predicted octanol–water partition coefficient (Wildman–Crippen LogP) is 3.62. The molecule has 0 unspecified atom stereocenters. The Kier molecular flexibility index (Phi) is 6.50. The standard InChI is InChI=1S/C13H20FNS/c1-3-16-9-5-8-15-11(2)12-6-4-7-13(14)10-12/h4,6-7,10-11,15H,3,5,8-9H2,1-2H3/t11-/m0/s1. The van der Waals surface area contributed by atoms with E-state index in [1.54, 1.807) is 12.1 Å². The van der Waals surface area contributed by atoms with E-state index in [4.69, 9.17) is 0 Å². The van der Waals surface area contributed by atoms with Crippen molar-refractivity contribution in [1.82, 2.24) is 5.32 Å². The first kappa shape index (κ1) is 13.5. The van der Waals surface area contributed by atoms with Gasteiger partial charge in [0.05, 0.1) is 0 Å². The zero-order valence-corrected chi connectivity index (χ0v) is 10.8. The maximum atomic E-state index is 13.0. The average Bonchev–Trinajstić information content (AvgIpc) is 2.28. The van der Waals surface area contributed by atoms with Crippen LogP contribution >= 0.6 is 11.8 Å². The highest BCUT2D eigenvalue weighted by Gasteiger charge is 2.04. The summed E-state index contributed by atoms with van der Waals surface area (Å²) < 4.78 is 13.0. The third-order valence-electron chi connectivity index (χ3n) is 2.47. The number of halogens is 1. The number of hydrogen-bond acceptors (Lipinski definition) is 2. The first-order valence-electron chi connectivity index (χ1n) is 5.80. The van der Waals surface area contributed by atoms with Crippen molar-refractivity contribution in [2.24, 2.45) is 0 Å². The second-order valence-corrected chi connectivity index (χ2v) is 5.18. The van der Waals surface area contributed by atoms with E-state index in [9.17, 15) is 4.39 Å². The summed E-state index contributed by atoms with van der Waals surface area (Å²) in [6, 6.07) is 7.02. The van der Waals surface area contributed by atoms with Gasteiger partial charge in [-0.1, -0.05) is 19.1 Å². The Morgan fingerprint density at radius 2 is 2.25 bits per heavy atom. The number of nitrogens with one attached hydrogen (secondary N) is 1. The quantitative estimate of drug-likeness (QED) is 0.732. The van der Waals surface area contributed by atoms with E-state index < -0.39 is 0 Å². The highest BCUT2D eigenvalue weighted by atomic mass is 32.2. The molecular weight excluding hydrogens is 221 g/mol. The monoisotopic (exact) mass is 241 g/mol. The average molecular weight is 241 g/mol. The summed E-state index contributed by atoms with van der Waals surface area (Å²) in [4.78, 5) is 0. The van der Waals surface area contributed by atoms with Crippen LogP contribution in [-0.2, 0) is 0 Å². The van der Waals surface area contributed by atoms with E-state index in [0.29, 0.717) is 0 Å². The van der Waals surface area contributed by atoms with Crippen molar-refractivity contribution in [3.8, 4) is 0 Å². The minimum Gasteiger partial charge on any atom is -0.310 e. The zero-order valence-electron chi connectivity index (χ0n) is 10.0. The SMILES string of the molecule is CCSCCCN[C@@H](C)c1cccc(F)c1. The molecule has 0 saturated carbocycles. The van der Waals surface area contributed by atoms with Crippen LogP contribution < -0.4 is 5.32 Å². The van der Waals surface area contributed by atoms with E-state index in [2.05, 4.69) is 19.2 Å². The molecule has 1 atom stereocenters. The largest absolute Gasteiger partial charge is 0.310 e. The lowest BCUT2D eigenvalue weighted by molar-refractivity contribution is 0.563. The van der Waals surface area contributed by atoms with Crippen LogP contribution in [0.25, 0.3) is 0 Å². The highest BCUT2D eigenvalue weighted by Crippen LogP contribution is 2.13. The summed E-state index contributed by atoms with van der Waals surface area (Å²) in [7, 11) is 0. The van der Waals surface area contributed by atoms with E-state index in [1.165, 1.54) is 17.6 Å². The molecule has 1 aromatic rings. The normalized spacial score (nSPS) is 12.7. The molecule has 0 heterocycles. The molecule has 0 radical (unpaired) electrons. The summed E-state index contributed by atoms with van der Waals surface area (Å²) in [5, 5.41) is 3.41. The van der Waals surface area contributed by atoms with Crippen LogP contribution in [0.1, 0.15) is 31.9 Å². The molecule has 1 nitrogen and oxygen atoms in total. The summed E-state index contributed by atoms with van der Waals surface area (Å²) in [6.45, 7) is 5.24. The third kappa shape index (κ3) is 4.99. The Bertz CT molecular complexity index is 304. The van der Waals surface area contributed by atoms with Crippen LogP contribution in [-0.4, -0.2) is 18.1 Å². The number of hydrogen-bond donors (Lipinski definition) is 1. The van der Waals surface area contributed by atoms with Crippen molar-refractivity contribution in [3.05, 3.63) is 35.6 Å². The van der Waals surface area contributed by atoms with Gasteiger partial charge in [-0.05, 0) is 49.1 Å². The van der Waals surface area contributed by atoms with Crippen molar-refractivity contribution >= 4 is 11.8 Å². The molecule has 3 heteroatoms. The maximum Gasteiger partial charge on any atom is 0.123 e. The van der Waals surface area contributed by atoms with Gasteiger partial charge in [0.2, 0.25) is 0 Å². The molecule has 0 aromatic heterocycles. The van der Waals surface area contributed by atoms with E-state index >= 15 is 0 Å². The van der Waals surface area contributed by atoms with Crippen molar-refractivity contribution in [1.29, 1.82) is 0 Å². The maximum absolute atomic E-state index is 13.0. The van der Waals surface area contributed by atoms with Gasteiger partial charge < -0.3 is 5.32 Å². The van der Waals surface area contributed by atoms with Gasteiger partial charge in [0.25, 0.3) is 0 Å². The van der Waals surface area contributed by atoms with Crippen LogP contribution in [0.15, 0.2) is 24.3 Å². The van der Waals surface area contributed by atoms with Gasteiger partial charge >= 0.3 is 0 Å². The van der Waals surface area contributed by atoms with Gasteiger partial charge in [0.15, 0.2) is 0 Å². The number of benzene rings is 1. The molecule has 0 amide bonds. The van der Waals surface area contributed by atoms with Crippen LogP contribution in [0.3, 0.4) is 0 Å². The molecule has 0 saturated heterocycles. The predicted molar refractivity (Wildman–Crippen MR) is 70.4 cm³/mol. The van der Waals surface area contributed by atoms with Crippen molar-refractivity contribution in [3.63, 3.8) is 0 Å². The number of rotatable bonds is 7. The highest BCUT2D eigenvalue weighted by molar-refractivity contribution is 7.99. The van der Waals surface area contributed by atoms with Crippen molar-refractivity contribution in [2.75, 3.05) is 18.1 Å². The summed E-state index contributed by atoms with van der Waals surface area (Å²) in [6.07, 6.45) is 1.16. The van der Waals surface area contributed by atoms with Gasteiger partial charge in [-0.2, -0.15) is 11.8 Å². The van der Waals surface area contributed by atoms with Crippen LogP contribution in [0, 0.1) is 5.82 Å². The van der Waals surface area contributed by atoms with Gasteiger partial charge in [-0.25, -0.2) is 4.39 Å². The second kappa shape index (κ2) is 7.69. The Morgan fingerprint density at radius 1 is 1.44 bits per heavy atom. The molecule has 0 fully saturated rings. The van der Waals surface area contributed by atoms with Crippen molar-refractivity contribution in [2.45, 2.75) is 26.3 Å². The zero-order chi connectivity index (χ0) is 11.8. The molecule has 1 aromatic carbocycles. The molecule has 16 heavy (non-hydrogen) atoms. The molecule has 1 N–H and O–H groups in total. The van der Waals surface area contributed by atoms with Gasteiger partial charge in [-0.15, -0.1) is 0 Å². The lowest BCUT2D eigenvalue weighted by Crippen LogP contribution is -2.20. The van der Waals surface area contributed by atoms with Gasteiger partial charge in [0.1, 0.15) is 5.82 Å². The molecule has 0 aliphatic heterocycles. The molecule has 1 rings (SSSR count). The lowest BCUT2D eigenvalue weighted by Gasteiger charge is -2.14. The Hall–Kier alpha value is -0.540. The second-order valence-electron chi connectivity index (χ2n) is 3.78. The first-order valence-corrected chi connectivity index (χ1v) is 6.96. The molecule has 0 spiro atoms. The van der Waals surface area contributed by atoms with Crippen LogP contribution in [0.5, 0.6) is 0 Å². The van der Waals surface area contributed by atoms with Crippen LogP contribution in [0.4, 0.5) is 4.39 Å². The Morgan fingerprint density at radius 3 is 2.94 bits per heavy atom. The lowest BCUT2D eigenvalue weighted by atomic mass is 10.1. The topological polar surface area (TPSA) is 12.0 Å². The molecular formula is C13H20FNS. The van der Waals surface area contributed by atoms with E-state index in [1.807, 2.05) is 17.8 Å². The minimum atomic E-state index is -0.160. The van der Waals surface area contributed by atoms with Gasteiger partial charge in [-0.3, -0.25) is 0 Å². The molecule has 0 aliphatic carbocycles. The minimum absolute atomic E-state index is 0.160. The molecule has 90 valence electrons. The first-order chi connectivity index (χ1) is 7.74. The smallest absolute Gasteiger partial charge is 0.123 e. The molecule has 0 bridgehead atoms. The fourth-order valence-corrected chi connectivity index (χ4v) is 2.17. The fraction of sp³-hybridized carbons (Fsp3) is 0.538. The summed E-state index contributed by atoms with van der Waals surface area (Å²) in [5.74, 6) is 2.21. The Balaban J connectivity index is 2.27. The van der Waals surface area contributed by atoms with Crippen LogP contribution in [0.2, 0.25) is 0 Å². The van der Waals surface area contributed by atoms with Gasteiger partial charge in [0, 0.05) is 6.04 Å². The summed E-state index contributed by atoms with van der Waals surface area (Å²) in [5.41, 5.74) is 1.02. The van der Waals surface area contributed by atoms with E-state index in [0.717, 1.165) is 18.5 Å². The van der Waals surface area contributed by atoms with Crippen molar-refractivity contribution < 1.29 is 4.39 Å². The van der Waals surface area contributed by atoms with E-state index in [-0.39, 0.29) is 11.9 Å².